The predicted octanol–water partition coefficient (Wildman–Crippen LogP) is 4.43. The van der Waals surface area contributed by atoms with Gasteiger partial charge in [-0.1, -0.05) is 37.1 Å². The number of carbonyl (C=O) groups excluding carboxylic acids is 6. The van der Waals surface area contributed by atoms with Crippen LogP contribution in [-0.4, -0.2) is 121 Å². The molecule has 0 saturated heterocycles. The fraction of sp³-hybridized carbons (Fsp3) is 0.526. The minimum atomic E-state index is -0.261. The van der Waals surface area contributed by atoms with Gasteiger partial charge in [-0.2, -0.15) is 0 Å². The van der Waals surface area contributed by atoms with Gasteiger partial charge in [0, 0.05) is 26.2 Å². The van der Waals surface area contributed by atoms with Gasteiger partial charge in [-0.3, -0.25) is 38.6 Å². The van der Waals surface area contributed by atoms with E-state index in [9.17, 15) is 28.8 Å². The second-order valence-electron chi connectivity index (χ2n) is 12.5. The van der Waals surface area contributed by atoms with Crippen LogP contribution in [0.25, 0.3) is 0 Å². The molecule has 2 aromatic rings. The predicted molar refractivity (Wildman–Crippen MR) is 187 cm³/mol. The first-order chi connectivity index (χ1) is 24.2. The van der Waals surface area contributed by atoms with Gasteiger partial charge in [-0.05, 0) is 90.0 Å². The van der Waals surface area contributed by atoms with Crippen LogP contribution in [-0.2, 0) is 19.1 Å². The van der Waals surface area contributed by atoms with Crippen molar-refractivity contribution in [2.24, 2.45) is 0 Å². The number of rotatable bonds is 23. The Morgan fingerprint density at radius 2 is 0.820 bits per heavy atom. The van der Waals surface area contributed by atoms with Crippen molar-refractivity contribution in [1.82, 2.24) is 19.6 Å². The van der Waals surface area contributed by atoms with Crippen molar-refractivity contribution in [1.29, 1.82) is 0 Å². The lowest BCUT2D eigenvalue weighted by molar-refractivity contribution is -0.144. The lowest BCUT2D eigenvalue weighted by Crippen LogP contribution is -2.35. The summed E-state index contributed by atoms with van der Waals surface area (Å²) in [5.74, 6) is -1.54. The number of amides is 4. The number of carbonyl (C=O) groups is 6. The molecule has 4 amide bonds. The molecule has 4 rings (SSSR count). The molecular weight excluding hydrogens is 640 g/mol. The molecule has 12 heteroatoms. The molecule has 0 fully saturated rings. The summed E-state index contributed by atoms with van der Waals surface area (Å²) >= 11 is 0. The Morgan fingerprint density at radius 1 is 0.500 bits per heavy atom. The van der Waals surface area contributed by atoms with Crippen LogP contribution in [0.1, 0.15) is 107 Å². The maximum atomic E-state index is 12.8. The minimum absolute atomic E-state index is 0.247. The van der Waals surface area contributed by atoms with Crippen LogP contribution in [0.15, 0.2) is 48.5 Å². The monoisotopic (exact) mass is 690 g/mol. The second-order valence-corrected chi connectivity index (χ2v) is 12.5. The number of fused-ring (bicyclic) bond motifs is 2. The van der Waals surface area contributed by atoms with Crippen molar-refractivity contribution in [2.75, 3.05) is 65.6 Å². The molecule has 2 aliphatic rings. The first kappa shape index (κ1) is 38.4. The van der Waals surface area contributed by atoms with Crippen molar-refractivity contribution in [2.45, 2.75) is 65.2 Å². The van der Waals surface area contributed by atoms with E-state index in [1.54, 1.807) is 62.4 Å². The molecule has 0 aromatic heterocycles. The Hall–Kier alpha value is -4.42. The van der Waals surface area contributed by atoms with E-state index in [1.165, 1.54) is 9.80 Å². The van der Waals surface area contributed by atoms with Gasteiger partial charge in [-0.15, -0.1) is 0 Å². The molecule has 2 aliphatic heterocycles. The SMILES string of the molecule is CCOC(=O)CCN(CCCCCCN(CCCN1C(=O)c2ccccc2C1=O)CCC(=O)OCC)CCCN1C(=O)c2ccccc2C1=O. The van der Waals surface area contributed by atoms with Crippen molar-refractivity contribution in [3.63, 3.8) is 0 Å². The molecule has 50 heavy (non-hydrogen) atoms. The van der Waals surface area contributed by atoms with Crippen molar-refractivity contribution >= 4 is 35.6 Å². The maximum Gasteiger partial charge on any atom is 0.307 e. The average Bonchev–Trinajstić information content (AvgIpc) is 3.50. The van der Waals surface area contributed by atoms with E-state index < -0.39 is 0 Å². The lowest BCUT2D eigenvalue weighted by atomic mass is 10.1. The van der Waals surface area contributed by atoms with E-state index in [0.717, 1.165) is 38.8 Å². The van der Waals surface area contributed by atoms with Crippen LogP contribution < -0.4 is 0 Å². The number of esters is 2. The molecule has 2 aromatic carbocycles. The van der Waals surface area contributed by atoms with Gasteiger partial charge >= 0.3 is 11.9 Å². The summed E-state index contributed by atoms with van der Waals surface area (Å²) in [6, 6.07) is 13.7. The van der Waals surface area contributed by atoms with Crippen LogP contribution in [0.5, 0.6) is 0 Å². The molecule has 0 radical (unpaired) electrons. The molecule has 0 unspecified atom stereocenters. The molecule has 0 aliphatic carbocycles. The summed E-state index contributed by atoms with van der Waals surface area (Å²) in [6.07, 6.45) is 5.52. The molecule has 0 bridgehead atoms. The summed E-state index contributed by atoms with van der Waals surface area (Å²) in [4.78, 5) is 82.2. The average molecular weight is 691 g/mol. The highest BCUT2D eigenvalue weighted by atomic mass is 16.5. The van der Waals surface area contributed by atoms with Crippen LogP contribution in [0.4, 0.5) is 0 Å². The Morgan fingerprint density at radius 3 is 1.14 bits per heavy atom. The zero-order chi connectivity index (χ0) is 35.9. The molecule has 0 atom stereocenters. The van der Waals surface area contributed by atoms with Crippen LogP contribution in [0.2, 0.25) is 0 Å². The highest BCUT2D eigenvalue weighted by Crippen LogP contribution is 2.24. The number of unbranched alkanes of at least 4 members (excludes halogenated alkanes) is 3. The summed E-state index contributed by atoms with van der Waals surface area (Å²) in [6.45, 7) is 8.76. The van der Waals surface area contributed by atoms with Crippen molar-refractivity contribution < 1.29 is 38.2 Å². The Balaban J connectivity index is 1.20. The van der Waals surface area contributed by atoms with E-state index >= 15 is 0 Å². The van der Waals surface area contributed by atoms with Crippen LogP contribution in [0.3, 0.4) is 0 Å². The molecule has 12 nitrogen and oxygen atoms in total. The molecule has 0 N–H and O–H groups in total. The van der Waals surface area contributed by atoms with E-state index in [1.807, 2.05) is 0 Å². The smallest absolute Gasteiger partial charge is 0.307 e. The quantitative estimate of drug-likeness (QED) is 0.0937. The largest absolute Gasteiger partial charge is 0.466 e. The Labute approximate surface area is 294 Å². The minimum Gasteiger partial charge on any atom is -0.466 e. The third-order valence-corrected chi connectivity index (χ3v) is 9.04. The van der Waals surface area contributed by atoms with Gasteiger partial charge in [-0.25, -0.2) is 0 Å². The topological polar surface area (TPSA) is 134 Å². The Bertz CT molecular complexity index is 1330. The first-order valence-corrected chi connectivity index (χ1v) is 17.9. The number of nitrogens with zero attached hydrogens (tertiary/aromatic N) is 4. The molecule has 270 valence electrons. The summed E-state index contributed by atoms with van der Waals surface area (Å²) in [5.41, 5.74) is 1.77. The number of hydrogen-bond donors (Lipinski definition) is 0. The van der Waals surface area contributed by atoms with Gasteiger partial charge in [0.05, 0.1) is 48.3 Å². The third kappa shape index (κ3) is 10.5. The van der Waals surface area contributed by atoms with Gasteiger partial charge in [0.25, 0.3) is 23.6 Å². The molecular formula is C38H50N4O8. The Kier molecular flexibility index (Phi) is 15.1. The normalized spacial score (nSPS) is 13.8. The molecule has 0 spiro atoms. The number of benzene rings is 2. The van der Waals surface area contributed by atoms with E-state index in [0.29, 0.717) is 87.6 Å². The van der Waals surface area contributed by atoms with Crippen LogP contribution in [0, 0.1) is 0 Å². The van der Waals surface area contributed by atoms with Gasteiger partial charge < -0.3 is 19.3 Å². The second kappa shape index (κ2) is 19.7. The fourth-order valence-electron chi connectivity index (χ4n) is 6.45. The molecule has 2 heterocycles. The summed E-state index contributed by atoms with van der Waals surface area (Å²) < 4.78 is 10.2. The fourth-order valence-corrected chi connectivity index (χ4v) is 6.45. The zero-order valence-electron chi connectivity index (χ0n) is 29.4. The van der Waals surface area contributed by atoms with E-state index in [4.69, 9.17) is 9.47 Å². The molecule has 0 saturated carbocycles. The standard InChI is InChI=1S/C38H50N4O8/c1-3-49-33(43)19-27-39(23-13-25-41-35(45)29-15-7-8-16-30(29)36(41)46)21-11-5-6-12-22-40(28-20-34(44)50-4-2)24-14-26-42-37(47)31-17-9-10-18-32(31)38(42)48/h7-10,15-18H,3-6,11-14,19-28H2,1-2H3. The number of imide groups is 2. The zero-order valence-corrected chi connectivity index (χ0v) is 29.4. The number of hydrogen-bond acceptors (Lipinski definition) is 10. The van der Waals surface area contributed by atoms with Gasteiger partial charge in [0.2, 0.25) is 0 Å². The summed E-state index contributed by atoms with van der Waals surface area (Å²) in [7, 11) is 0. The lowest BCUT2D eigenvalue weighted by Gasteiger charge is -2.24. The maximum absolute atomic E-state index is 12.8. The van der Waals surface area contributed by atoms with Crippen LogP contribution >= 0.6 is 0 Å². The van der Waals surface area contributed by atoms with E-state index in [-0.39, 0.29) is 48.4 Å². The highest BCUT2D eigenvalue weighted by Gasteiger charge is 2.35. The number of ether oxygens (including phenoxy) is 2. The van der Waals surface area contributed by atoms with E-state index in [2.05, 4.69) is 9.80 Å². The third-order valence-electron chi connectivity index (χ3n) is 9.04. The first-order valence-electron chi connectivity index (χ1n) is 17.9. The summed E-state index contributed by atoms with van der Waals surface area (Å²) in [5, 5.41) is 0. The van der Waals surface area contributed by atoms with Gasteiger partial charge in [0.1, 0.15) is 0 Å². The highest BCUT2D eigenvalue weighted by molar-refractivity contribution is 6.22. The van der Waals surface area contributed by atoms with Crippen molar-refractivity contribution in [3.8, 4) is 0 Å². The van der Waals surface area contributed by atoms with Gasteiger partial charge in [0.15, 0.2) is 0 Å². The van der Waals surface area contributed by atoms with Crippen molar-refractivity contribution in [3.05, 3.63) is 70.8 Å².